The lowest BCUT2D eigenvalue weighted by atomic mass is 10.1. The van der Waals surface area contributed by atoms with Gasteiger partial charge in [-0.15, -0.1) is 11.3 Å². The van der Waals surface area contributed by atoms with Crippen LogP contribution >= 0.6 is 11.3 Å². The molecule has 1 fully saturated rings. The number of ether oxygens (including phenoxy) is 1. The Morgan fingerprint density at radius 2 is 1.74 bits per heavy atom. The second-order valence-electron chi connectivity index (χ2n) is 8.23. The molecule has 3 aromatic rings. The highest BCUT2D eigenvalue weighted by atomic mass is 32.1. The van der Waals surface area contributed by atoms with E-state index in [1.165, 1.54) is 16.7 Å². The van der Waals surface area contributed by atoms with Gasteiger partial charge in [0.05, 0.1) is 10.2 Å². The molecular weight excluding hydrogens is 472 g/mol. The molecule has 35 heavy (non-hydrogen) atoms. The number of benzene rings is 2. The van der Waals surface area contributed by atoms with Gasteiger partial charge in [0, 0.05) is 13.1 Å². The van der Waals surface area contributed by atoms with Crippen molar-refractivity contribution in [2.24, 2.45) is 0 Å². The molecule has 0 spiro atoms. The maximum absolute atomic E-state index is 13.6. The first kappa shape index (κ1) is 24.4. The van der Waals surface area contributed by atoms with Crippen LogP contribution in [0.5, 0.6) is 5.75 Å². The fourth-order valence-corrected chi connectivity index (χ4v) is 5.26. The molecule has 1 saturated heterocycles. The lowest BCUT2D eigenvalue weighted by Gasteiger charge is -2.15. The maximum Gasteiger partial charge on any atom is 0.387 e. The smallest absolute Gasteiger partial charge is 0.387 e. The summed E-state index contributed by atoms with van der Waals surface area (Å²) in [7, 11) is 0. The third-order valence-corrected chi connectivity index (χ3v) is 6.91. The third-order valence-electron chi connectivity index (χ3n) is 5.82. The summed E-state index contributed by atoms with van der Waals surface area (Å²) in [6.45, 7) is 1.97. The number of hydrogen-bond acceptors (Lipinski definition) is 5. The average Bonchev–Trinajstić information content (AvgIpc) is 3.45. The number of likely N-dealkylation sites (tertiary alicyclic amines) is 1. The quantitative estimate of drug-likeness (QED) is 0.545. The molecule has 1 aliphatic heterocycles. The zero-order valence-electron chi connectivity index (χ0n) is 19.3. The van der Waals surface area contributed by atoms with E-state index in [1.54, 1.807) is 23.1 Å². The molecule has 0 bridgehead atoms. The molecule has 0 unspecified atom stereocenters. The van der Waals surface area contributed by atoms with Crippen molar-refractivity contribution in [2.45, 2.75) is 33.3 Å². The van der Waals surface area contributed by atoms with Gasteiger partial charge < -0.3 is 9.64 Å². The number of carbonyl (C=O) groups excluding carboxylic acids is 1. The number of halogens is 2. The molecule has 1 aliphatic rings. The average molecular weight is 496 g/mol. The maximum atomic E-state index is 13.6. The van der Waals surface area contributed by atoms with E-state index in [2.05, 4.69) is 4.74 Å². The summed E-state index contributed by atoms with van der Waals surface area (Å²) in [5.74, 6) is -0.375. The van der Waals surface area contributed by atoms with E-state index in [0.717, 1.165) is 35.3 Å². The van der Waals surface area contributed by atoms with E-state index in [1.807, 2.05) is 38.1 Å². The van der Waals surface area contributed by atoms with Gasteiger partial charge in [0.25, 0.3) is 11.5 Å². The second-order valence-corrected chi connectivity index (χ2v) is 9.26. The number of aromatic nitrogens is 1. The molecule has 4 rings (SSSR count). The van der Waals surface area contributed by atoms with Gasteiger partial charge in [0.15, 0.2) is 5.57 Å². The zero-order valence-corrected chi connectivity index (χ0v) is 20.1. The van der Waals surface area contributed by atoms with Crippen molar-refractivity contribution in [3.8, 4) is 17.5 Å². The van der Waals surface area contributed by atoms with Crippen LogP contribution in [-0.4, -0.2) is 35.1 Å². The van der Waals surface area contributed by atoms with E-state index in [9.17, 15) is 23.6 Å². The van der Waals surface area contributed by atoms with Crippen LogP contribution in [0, 0.1) is 25.2 Å². The van der Waals surface area contributed by atoms with Crippen LogP contribution < -0.4 is 19.5 Å². The lowest BCUT2D eigenvalue weighted by molar-refractivity contribution is -0.123. The predicted molar refractivity (Wildman–Crippen MR) is 130 cm³/mol. The van der Waals surface area contributed by atoms with Crippen molar-refractivity contribution >= 4 is 28.9 Å². The van der Waals surface area contributed by atoms with Gasteiger partial charge in [-0.1, -0.05) is 30.3 Å². The molecule has 6 nitrogen and oxygen atoms in total. The second kappa shape index (κ2) is 10.2. The molecule has 0 aliphatic carbocycles. The van der Waals surface area contributed by atoms with Gasteiger partial charge in [-0.05, 0) is 61.6 Å². The summed E-state index contributed by atoms with van der Waals surface area (Å²) in [6.07, 6.45) is 3.37. The van der Waals surface area contributed by atoms with Crippen LogP contribution in [0.1, 0.15) is 29.5 Å². The Labute approximate surface area is 204 Å². The molecule has 0 saturated carbocycles. The number of para-hydroxylation sites is 1. The Kier molecular flexibility index (Phi) is 7.12. The molecule has 9 heteroatoms. The van der Waals surface area contributed by atoms with Crippen molar-refractivity contribution in [3.05, 3.63) is 78.7 Å². The number of thiazole rings is 1. The van der Waals surface area contributed by atoms with Crippen LogP contribution in [0.25, 0.3) is 17.3 Å². The molecule has 180 valence electrons. The Bertz CT molecular complexity index is 1460. The summed E-state index contributed by atoms with van der Waals surface area (Å²) in [6, 6.07) is 13.6. The van der Waals surface area contributed by atoms with Crippen LogP contribution in [-0.2, 0) is 4.79 Å². The van der Waals surface area contributed by atoms with Crippen molar-refractivity contribution in [2.75, 3.05) is 13.1 Å². The van der Waals surface area contributed by atoms with E-state index in [4.69, 9.17) is 0 Å². The summed E-state index contributed by atoms with van der Waals surface area (Å²) in [4.78, 5) is 28.5. The number of hydrogen-bond donors (Lipinski definition) is 0. The van der Waals surface area contributed by atoms with Crippen molar-refractivity contribution in [3.63, 3.8) is 0 Å². The number of rotatable bonds is 5. The van der Waals surface area contributed by atoms with E-state index in [-0.39, 0.29) is 27.5 Å². The molecular formula is C26H23F2N3O3S. The fourth-order valence-electron chi connectivity index (χ4n) is 4.17. The molecule has 2 heterocycles. The summed E-state index contributed by atoms with van der Waals surface area (Å²) in [5.41, 5.74) is 2.45. The Morgan fingerprint density at radius 3 is 2.31 bits per heavy atom. The first-order chi connectivity index (χ1) is 16.8. The van der Waals surface area contributed by atoms with Gasteiger partial charge in [-0.3, -0.25) is 14.2 Å². The monoisotopic (exact) mass is 495 g/mol. The Morgan fingerprint density at radius 1 is 1.11 bits per heavy atom. The first-order valence-electron chi connectivity index (χ1n) is 11.1. The summed E-state index contributed by atoms with van der Waals surface area (Å²) < 4.78 is 31.3. The van der Waals surface area contributed by atoms with Gasteiger partial charge >= 0.3 is 6.61 Å². The topological polar surface area (TPSA) is 75.3 Å². The van der Waals surface area contributed by atoms with Gasteiger partial charge in [-0.2, -0.15) is 14.0 Å². The minimum atomic E-state index is -2.93. The van der Waals surface area contributed by atoms with Crippen LogP contribution in [0.3, 0.4) is 0 Å². The predicted octanol–water partition coefficient (Wildman–Crippen LogP) is 3.24. The SMILES string of the molecule is Cc1cccc(C)c1-n1c(=O)/c(=C/c2ccc(OC(F)F)cc2)s/c1=C(\C#N)C(=O)N1CCCC1. The number of aryl methyl sites for hydroxylation is 2. The summed E-state index contributed by atoms with van der Waals surface area (Å²) in [5, 5.41) is 9.98. The highest BCUT2D eigenvalue weighted by Crippen LogP contribution is 2.18. The van der Waals surface area contributed by atoms with E-state index >= 15 is 0 Å². The van der Waals surface area contributed by atoms with Crippen molar-refractivity contribution in [1.82, 2.24) is 9.47 Å². The van der Waals surface area contributed by atoms with E-state index < -0.39 is 6.61 Å². The molecule has 1 amide bonds. The highest BCUT2D eigenvalue weighted by molar-refractivity contribution is 7.07. The first-order valence-corrected chi connectivity index (χ1v) is 11.9. The molecule has 0 N–H and O–H groups in total. The molecule has 0 atom stereocenters. The van der Waals surface area contributed by atoms with Crippen molar-refractivity contribution < 1.29 is 18.3 Å². The van der Waals surface area contributed by atoms with Crippen LogP contribution in [0.15, 0.2) is 47.3 Å². The van der Waals surface area contributed by atoms with Gasteiger partial charge in [0.1, 0.15) is 16.5 Å². The van der Waals surface area contributed by atoms with Crippen LogP contribution in [0.2, 0.25) is 0 Å². The van der Waals surface area contributed by atoms with Gasteiger partial charge in [-0.25, -0.2) is 0 Å². The minimum Gasteiger partial charge on any atom is -0.435 e. The number of alkyl halides is 2. The molecule has 2 aromatic carbocycles. The number of nitriles is 1. The third kappa shape index (κ3) is 5.03. The molecule has 0 radical (unpaired) electrons. The van der Waals surface area contributed by atoms with Gasteiger partial charge in [0.2, 0.25) is 0 Å². The van der Waals surface area contributed by atoms with Crippen LogP contribution in [0.4, 0.5) is 8.78 Å². The summed E-state index contributed by atoms with van der Waals surface area (Å²) >= 11 is 1.06. The number of amides is 1. The number of carbonyl (C=O) groups is 1. The normalized spacial score (nSPS) is 14.9. The Balaban J connectivity index is 1.97. The molecule has 1 aromatic heterocycles. The minimum absolute atomic E-state index is 0.00766. The van der Waals surface area contributed by atoms with E-state index in [0.29, 0.717) is 28.9 Å². The largest absolute Gasteiger partial charge is 0.435 e. The zero-order chi connectivity index (χ0) is 25.1. The van der Waals surface area contributed by atoms with Crippen molar-refractivity contribution in [1.29, 1.82) is 5.26 Å². The number of nitrogens with zero attached hydrogens (tertiary/aromatic N) is 3. The Hall–Kier alpha value is -3.77. The fraction of sp³-hybridized carbons (Fsp3) is 0.269. The standard InChI is InChI=1S/C26H23F2N3O3S/c1-16-6-5-7-17(2)22(16)31-24(33)21(14-18-8-10-19(11-9-18)34-26(27)28)35-25(31)20(15-29)23(32)30-12-3-4-13-30/h5-11,14,26H,3-4,12-13H2,1-2H3/b21-14-,25-20+. The highest BCUT2D eigenvalue weighted by Gasteiger charge is 2.25. The lowest BCUT2D eigenvalue weighted by Crippen LogP contribution is -2.35.